The standard InChI is InChI=1S/C16H13N3O2/c17-16(21)12-7-10-4-2-6-18-13(10)8-11-3-1-5-14(20)15(11)19-9-12/h1-9,19-20H,(H2,17,21). The van der Waals surface area contributed by atoms with E-state index in [-0.39, 0.29) is 5.75 Å². The Hall–Kier alpha value is -3.08. The van der Waals surface area contributed by atoms with E-state index in [0.717, 1.165) is 10.8 Å². The van der Waals surface area contributed by atoms with Crippen LogP contribution in [-0.4, -0.2) is 21.0 Å². The number of para-hydroxylation sites is 1. The van der Waals surface area contributed by atoms with Crippen molar-refractivity contribution in [3.05, 3.63) is 60.4 Å². The van der Waals surface area contributed by atoms with E-state index in [1.165, 1.54) is 6.20 Å². The van der Waals surface area contributed by atoms with Gasteiger partial charge in [-0.2, -0.15) is 0 Å². The van der Waals surface area contributed by atoms with Gasteiger partial charge in [-0.25, -0.2) is 0 Å². The zero-order chi connectivity index (χ0) is 14.8. The van der Waals surface area contributed by atoms with Crippen LogP contribution in [0.5, 0.6) is 5.75 Å². The summed E-state index contributed by atoms with van der Waals surface area (Å²) in [6, 6.07) is 12.3. The number of nitrogens with zero attached hydrogens (tertiary/aromatic N) is 1. The van der Waals surface area contributed by atoms with E-state index >= 15 is 0 Å². The number of benzene rings is 1. The molecule has 0 fully saturated rings. The number of H-pyrrole nitrogens is 1. The number of fused-ring (bicyclic) bond motifs is 2. The summed E-state index contributed by atoms with van der Waals surface area (Å²) in [5, 5.41) is 11.5. The zero-order valence-electron chi connectivity index (χ0n) is 11.1. The first-order valence-electron chi connectivity index (χ1n) is 6.38. The third-order valence-corrected chi connectivity index (χ3v) is 3.21. The molecule has 0 saturated heterocycles. The molecule has 21 heavy (non-hydrogen) atoms. The quantitative estimate of drug-likeness (QED) is 0.639. The summed E-state index contributed by atoms with van der Waals surface area (Å²) in [7, 11) is 0. The van der Waals surface area contributed by atoms with Gasteiger partial charge in [0.2, 0.25) is 5.91 Å². The number of carbonyl (C=O) groups is 1. The van der Waals surface area contributed by atoms with Crippen LogP contribution in [0.1, 0.15) is 10.4 Å². The van der Waals surface area contributed by atoms with E-state index in [4.69, 9.17) is 5.73 Å². The van der Waals surface area contributed by atoms with Crippen molar-refractivity contribution in [3.8, 4) is 5.75 Å². The number of hydrogen-bond acceptors (Lipinski definition) is 3. The van der Waals surface area contributed by atoms with Crippen LogP contribution in [0.4, 0.5) is 0 Å². The molecule has 3 rings (SSSR count). The second-order valence-corrected chi connectivity index (χ2v) is 4.62. The predicted octanol–water partition coefficient (Wildman–Crippen LogP) is 2.65. The molecule has 104 valence electrons. The van der Waals surface area contributed by atoms with Crippen LogP contribution in [0.2, 0.25) is 0 Å². The van der Waals surface area contributed by atoms with Crippen LogP contribution in [0.15, 0.2) is 54.9 Å². The van der Waals surface area contributed by atoms with Gasteiger partial charge in [0.05, 0.1) is 16.6 Å². The zero-order valence-corrected chi connectivity index (χ0v) is 11.1. The number of aromatic amines is 1. The molecule has 3 aromatic rings. The fraction of sp³-hybridized carbons (Fsp3) is 0. The summed E-state index contributed by atoms with van der Waals surface area (Å²) >= 11 is 0. The van der Waals surface area contributed by atoms with Gasteiger partial charge in [-0.3, -0.25) is 9.78 Å². The topological polar surface area (TPSA) is 92.0 Å². The highest BCUT2D eigenvalue weighted by molar-refractivity contribution is 5.96. The van der Waals surface area contributed by atoms with Crippen molar-refractivity contribution >= 4 is 27.7 Å². The number of aromatic nitrogens is 2. The molecule has 0 aliphatic heterocycles. The highest BCUT2D eigenvalue weighted by Gasteiger charge is 2.02. The third-order valence-electron chi connectivity index (χ3n) is 3.21. The molecule has 0 atom stereocenters. The van der Waals surface area contributed by atoms with Gasteiger partial charge in [0.1, 0.15) is 5.75 Å². The Labute approximate surface area is 120 Å². The molecule has 0 radical (unpaired) electrons. The normalized spacial score (nSPS) is 10.5. The van der Waals surface area contributed by atoms with Crippen LogP contribution in [-0.2, 0) is 0 Å². The second-order valence-electron chi connectivity index (χ2n) is 4.62. The summed E-state index contributed by atoms with van der Waals surface area (Å²) < 4.78 is 0. The van der Waals surface area contributed by atoms with E-state index in [1.807, 2.05) is 18.2 Å². The number of rotatable bonds is 1. The van der Waals surface area contributed by atoms with Crippen molar-refractivity contribution in [1.82, 2.24) is 9.97 Å². The average molecular weight is 279 g/mol. The lowest BCUT2D eigenvalue weighted by Crippen LogP contribution is -2.10. The van der Waals surface area contributed by atoms with Gasteiger partial charge in [-0.15, -0.1) is 0 Å². The minimum absolute atomic E-state index is 0.0863. The van der Waals surface area contributed by atoms with Crippen molar-refractivity contribution in [2.45, 2.75) is 0 Å². The van der Waals surface area contributed by atoms with Crippen molar-refractivity contribution in [2.75, 3.05) is 0 Å². The first kappa shape index (κ1) is 12.9. The molecular formula is C16H13N3O2. The maximum atomic E-state index is 11.5. The van der Waals surface area contributed by atoms with Crippen molar-refractivity contribution in [2.24, 2.45) is 5.73 Å². The van der Waals surface area contributed by atoms with Crippen LogP contribution in [0.3, 0.4) is 0 Å². The van der Waals surface area contributed by atoms with E-state index in [1.54, 1.807) is 30.5 Å². The smallest absolute Gasteiger partial charge is 0.250 e. The van der Waals surface area contributed by atoms with Gasteiger partial charge in [0.25, 0.3) is 0 Å². The number of amides is 1. The van der Waals surface area contributed by atoms with Crippen molar-refractivity contribution in [3.63, 3.8) is 0 Å². The number of nitrogens with two attached hydrogens (primary N) is 1. The number of phenols is 1. The summed E-state index contributed by atoms with van der Waals surface area (Å²) in [4.78, 5) is 18.8. The van der Waals surface area contributed by atoms with Crippen LogP contribution in [0.25, 0.3) is 21.8 Å². The lowest BCUT2D eigenvalue weighted by molar-refractivity contribution is 0.1000. The van der Waals surface area contributed by atoms with Crippen molar-refractivity contribution in [1.29, 1.82) is 0 Å². The predicted molar refractivity (Wildman–Crippen MR) is 81.4 cm³/mol. The number of nitrogens with one attached hydrogen (secondary N) is 1. The summed E-state index contributed by atoms with van der Waals surface area (Å²) in [6.07, 6.45) is 3.15. The number of aromatic hydroxyl groups is 1. The Balaban J connectivity index is 2.56. The second kappa shape index (κ2) is 5.13. The molecular weight excluding hydrogens is 266 g/mol. The van der Waals surface area contributed by atoms with Gasteiger partial charge < -0.3 is 15.8 Å². The first-order chi connectivity index (χ1) is 10.1. The van der Waals surface area contributed by atoms with Crippen LogP contribution in [0, 0.1) is 0 Å². The van der Waals surface area contributed by atoms with Crippen molar-refractivity contribution < 1.29 is 9.90 Å². The number of primary amides is 1. The number of carbonyl (C=O) groups excluding carboxylic acids is 1. The fourth-order valence-corrected chi connectivity index (χ4v) is 2.16. The van der Waals surface area contributed by atoms with Gasteiger partial charge in [0, 0.05) is 23.2 Å². The summed E-state index contributed by atoms with van der Waals surface area (Å²) in [5.41, 5.74) is 6.88. The largest absolute Gasteiger partial charge is 0.506 e. The maximum absolute atomic E-state index is 11.5. The molecule has 5 nitrogen and oxygen atoms in total. The minimum Gasteiger partial charge on any atom is -0.506 e. The summed E-state index contributed by atoms with van der Waals surface area (Å²) in [5.74, 6) is -0.473. The molecule has 0 saturated carbocycles. The number of hydrogen-bond donors (Lipinski definition) is 3. The molecule has 0 unspecified atom stereocenters. The maximum Gasteiger partial charge on any atom is 0.250 e. The molecule has 0 aliphatic rings. The molecule has 2 heterocycles. The molecule has 0 bridgehead atoms. The van der Waals surface area contributed by atoms with Gasteiger partial charge in [-0.05, 0) is 24.3 Å². The molecule has 2 aromatic heterocycles. The Bertz CT molecular complexity index is 898. The van der Waals surface area contributed by atoms with E-state index in [0.29, 0.717) is 16.6 Å². The Morgan fingerprint density at radius 3 is 2.76 bits per heavy atom. The lowest BCUT2D eigenvalue weighted by atomic mass is 10.2. The van der Waals surface area contributed by atoms with Crippen LogP contribution < -0.4 is 5.73 Å². The number of phenolic OH excluding ortho intramolecular Hbond substituents is 1. The van der Waals surface area contributed by atoms with Crippen LogP contribution >= 0.6 is 0 Å². The molecule has 1 amide bonds. The van der Waals surface area contributed by atoms with Gasteiger partial charge in [-0.1, -0.05) is 18.2 Å². The SMILES string of the molecule is NC(=O)c1c[nH]c2c(O)cccc2cc2ncccc2c1. The Morgan fingerprint density at radius 2 is 1.95 bits per heavy atom. The van der Waals surface area contributed by atoms with E-state index in [2.05, 4.69) is 9.97 Å². The Kier molecular flexibility index (Phi) is 3.16. The fourth-order valence-electron chi connectivity index (χ4n) is 2.16. The molecule has 0 aliphatic carbocycles. The molecule has 5 heteroatoms. The Morgan fingerprint density at radius 1 is 1.14 bits per heavy atom. The highest BCUT2D eigenvalue weighted by atomic mass is 16.3. The third kappa shape index (κ3) is 2.49. The van der Waals surface area contributed by atoms with E-state index in [9.17, 15) is 9.90 Å². The average Bonchev–Trinajstić information content (AvgIpc) is 2.54. The molecule has 1 aromatic carbocycles. The summed E-state index contributed by atoms with van der Waals surface area (Å²) in [6.45, 7) is 0. The monoisotopic (exact) mass is 279 g/mol. The van der Waals surface area contributed by atoms with Gasteiger partial charge in [0.15, 0.2) is 0 Å². The lowest BCUT2D eigenvalue weighted by Gasteiger charge is -1.97. The highest BCUT2D eigenvalue weighted by Crippen LogP contribution is 2.22. The first-order valence-corrected chi connectivity index (χ1v) is 6.38. The number of pyridine rings is 1. The minimum atomic E-state index is -0.559. The molecule has 4 N–H and O–H groups in total. The molecule has 0 spiro atoms. The van der Waals surface area contributed by atoms with Gasteiger partial charge >= 0.3 is 0 Å². The van der Waals surface area contributed by atoms with E-state index < -0.39 is 5.91 Å².